The molecule has 0 bridgehead atoms. The molecular weight excluding hydrogens is 591 g/mol. The van der Waals surface area contributed by atoms with Crippen LogP contribution in [-0.2, 0) is 6.61 Å². The Balaban J connectivity index is 1.31. The number of amides is 1. The van der Waals surface area contributed by atoms with Crippen molar-refractivity contribution in [2.75, 3.05) is 19.5 Å². The summed E-state index contributed by atoms with van der Waals surface area (Å²) in [6, 6.07) is 16.6. The summed E-state index contributed by atoms with van der Waals surface area (Å²) in [5.74, 6) is -0.585. The third-order valence-corrected chi connectivity index (χ3v) is 6.02. The van der Waals surface area contributed by atoms with E-state index >= 15 is 0 Å². The molecule has 2 aromatic heterocycles. The Morgan fingerprint density at radius 2 is 1.87 bits per heavy atom. The second-order valence-corrected chi connectivity index (χ2v) is 8.97. The lowest BCUT2D eigenvalue weighted by Crippen LogP contribution is -2.21. The van der Waals surface area contributed by atoms with Gasteiger partial charge >= 0.3 is 5.97 Å². The molecule has 230 valence electrons. The number of carbonyl (C=O) groups is 2. The van der Waals surface area contributed by atoms with Crippen LogP contribution in [0.25, 0.3) is 5.82 Å². The first-order valence-electron chi connectivity index (χ1n) is 13.2. The summed E-state index contributed by atoms with van der Waals surface area (Å²) in [5.41, 5.74) is 8.97. The Hall–Kier alpha value is -6.32. The number of esters is 1. The zero-order valence-corrected chi connectivity index (χ0v) is 23.8. The summed E-state index contributed by atoms with van der Waals surface area (Å²) in [5, 5.41) is 19.1. The normalized spacial score (nSPS) is 10.9. The number of nitrogens with two attached hydrogens (primary N) is 1. The Morgan fingerprint density at radius 3 is 2.60 bits per heavy atom. The molecule has 0 aliphatic carbocycles. The number of methoxy groups -OCH3 is 1. The van der Waals surface area contributed by atoms with Crippen LogP contribution in [0.15, 0.2) is 76.5 Å². The number of hydrazone groups is 1. The molecule has 0 spiro atoms. The number of nitrogens with zero attached hydrogens (tertiary/aromatic N) is 6. The molecule has 15 nitrogen and oxygen atoms in total. The highest BCUT2D eigenvalue weighted by molar-refractivity contribution is 5.94. The number of hydrogen-bond acceptors (Lipinski definition) is 13. The molecule has 3 aromatic carbocycles. The fourth-order valence-corrected chi connectivity index (χ4v) is 3.88. The van der Waals surface area contributed by atoms with Crippen molar-refractivity contribution in [3.05, 3.63) is 95.1 Å². The van der Waals surface area contributed by atoms with Crippen molar-refractivity contribution in [3.8, 4) is 28.8 Å². The average Bonchev–Trinajstić information content (AvgIpc) is 3.67. The van der Waals surface area contributed by atoms with Crippen LogP contribution in [0.2, 0.25) is 0 Å². The van der Waals surface area contributed by atoms with Crippen LogP contribution in [0.5, 0.6) is 23.0 Å². The first kappa shape index (κ1) is 30.1. The second-order valence-electron chi connectivity index (χ2n) is 8.97. The quantitative estimate of drug-likeness (QED) is 0.0901. The first-order valence-corrected chi connectivity index (χ1v) is 13.2. The molecule has 0 saturated heterocycles. The molecule has 16 heteroatoms. The molecule has 0 fully saturated rings. The van der Waals surface area contributed by atoms with Gasteiger partial charge in [0.15, 0.2) is 17.2 Å². The van der Waals surface area contributed by atoms with E-state index < -0.39 is 17.7 Å². The molecule has 0 unspecified atom stereocenters. The number of carbonyl (C=O) groups excluding carboxylic acids is 2. The molecule has 5 rings (SSSR count). The lowest BCUT2D eigenvalue weighted by atomic mass is 10.2. The zero-order valence-electron chi connectivity index (χ0n) is 23.8. The maximum Gasteiger partial charge on any atom is 0.343 e. The van der Waals surface area contributed by atoms with Gasteiger partial charge in [-0.3, -0.25) is 4.79 Å². The number of halogens is 1. The number of benzene rings is 3. The van der Waals surface area contributed by atoms with Crippen molar-refractivity contribution >= 4 is 23.9 Å². The van der Waals surface area contributed by atoms with Crippen LogP contribution in [0.4, 0.5) is 10.2 Å². The van der Waals surface area contributed by atoms with Crippen molar-refractivity contribution in [1.29, 1.82) is 0 Å². The minimum Gasteiger partial charge on any atom is -0.497 e. The van der Waals surface area contributed by atoms with Gasteiger partial charge in [-0.05, 0) is 83.5 Å². The van der Waals surface area contributed by atoms with E-state index in [0.717, 1.165) is 4.68 Å². The van der Waals surface area contributed by atoms with Gasteiger partial charge in [-0.1, -0.05) is 11.3 Å². The van der Waals surface area contributed by atoms with Gasteiger partial charge in [-0.2, -0.15) is 9.78 Å². The van der Waals surface area contributed by atoms with Crippen molar-refractivity contribution in [1.82, 2.24) is 30.7 Å². The Labute approximate surface area is 254 Å². The van der Waals surface area contributed by atoms with E-state index in [1.165, 1.54) is 37.6 Å². The predicted molar refractivity (Wildman–Crippen MR) is 155 cm³/mol. The summed E-state index contributed by atoms with van der Waals surface area (Å²) in [7, 11) is 1.50. The van der Waals surface area contributed by atoms with Gasteiger partial charge in [-0.25, -0.2) is 19.2 Å². The van der Waals surface area contributed by atoms with Crippen LogP contribution >= 0.6 is 0 Å². The summed E-state index contributed by atoms with van der Waals surface area (Å²) in [4.78, 5) is 25.8. The molecule has 1 amide bonds. The third-order valence-electron chi connectivity index (χ3n) is 6.02. The van der Waals surface area contributed by atoms with Gasteiger partial charge in [0.1, 0.15) is 29.6 Å². The molecular formula is C29H25FN8O7. The monoisotopic (exact) mass is 616 g/mol. The van der Waals surface area contributed by atoms with Crippen LogP contribution in [0.1, 0.15) is 39.0 Å². The Morgan fingerprint density at radius 1 is 1.04 bits per heavy atom. The average molecular weight is 617 g/mol. The summed E-state index contributed by atoms with van der Waals surface area (Å²) >= 11 is 0. The van der Waals surface area contributed by atoms with Crippen molar-refractivity contribution in [2.24, 2.45) is 5.10 Å². The van der Waals surface area contributed by atoms with Gasteiger partial charge in [0.25, 0.3) is 5.91 Å². The number of hydrogen-bond donors (Lipinski definition) is 2. The second kappa shape index (κ2) is 13.8. The SMILES string of the molecule is CCOc1cc(C=NNC(=O)c2nnn(-c3nonc3N)c2COc2ccc(F)cc2)ccc1OC(=O)c1cccc(OC)c1. The van der Waals surface area contributed by atoms with Gasteiger partial charge in [0, 0.05) is 0 Å². The largest absolute Gasteiger partial charge is 0.497 e. The summed E-state index contributed by atoms with van der Waals surface area (Å²) in [6.07, 6.45) is 1.35. The van der Waals surface area contributed by atoms with Gasteiger partial charge in [0.2, 0.25) is 11.6 Å². The van der Waals surface area contributed by atoms with E-state index in [9.17, 15) is 14.0 Å². The third kappa shape index (κ3) is 7.19. The predicted octanol–water partition coefficient (Wildman–Crippen LogP) is 3.34. The maximum absolute atomic E-state index is 13.3. The molecule has 0 saturated carbocycles. The number of nitrogen functional groups attached to an aromatic ring is 1. The number of rotatable bonds is 12. The van der Waals surface area contributed by atoms with Gasteiger partial charge in [-0.15, -0.1) is 5.10 Å². The van der Waals surface area contributed by atoms with E-state index in [1.54, 1.807) is 49.4 Å². The topological polar surface area (TPSA) is 191 Å². The van der Waals surface area contributed by atoms with Crippen molar-refractivity contribution < 1.29 is 37.6 Å². The first-order chi connectivity index (χ1) is 21.9. The Bertz CT molecular complexity index is 1840. The highest BCUT2D eigenvalue weighted by Gasteiger charge is 2.24. The molecule has 5 aromatic rings. The lowest BCUT2D eigenvalue weighted by Gasteiger charge is -2.11. The molecule has 0 atom stereocenters. The van der Waals surface area contributed by atoms with E-state index in [4.69, 9.17) is 24.7 Å². The van der Waals surface area contributed by atoms with Crippen molar-refractivity contribution in [3.63, 3.8) is 0 Å². The highest BCUT2D eigenvalue weighted by atomic mass is 19.1. The van der Waals surface area contributed by atoms with E-state index in [0.29, 0.717) is 29.2 Å². The molecule has 0 radical (unpaired) electrons. The van der Waals surface area contributed by atoms with E-state index in [-0.39, 0.29) is 41.1 Å². The molecule has 0 aliphatic rings. The minimum absolute atomic E-state index is 0.0154. The highest BCUT2D eigenvalue weighted by Crippen LogP contribution is 2.29. The van der Waals surface area contributed by atoms with Crippen LogP contribution < -0.4 is 30.1 Å². The van der Waals surface area contributed by atoms with Crippen LogP contribution in [0.3, 0.4) is 0 Å². The lowest BCUT2D eigenvalue weighted by molar-refractivity contribution is 0.0727. The Kier molecular flexibility index (Phi) is 9.22. The molecule has 3 N–H and O–H groups in total. The zero-order chi connectivity index (χ0) is 31.8. The van der Waals surface area contributed by atoms with Gasteiger partial charge in [0.05, 0.1) is 25.5 Å². The molecule has 45 heavy (non-hydrogen) atoms. The van der Waals surface area contributed by atoms with E-state index in [1.807, 2.05) is 0 Å². The summed E-state index contributed by atoms with van der Waals surface area (Å²) < 4.78 is 41.1. The van der Waals surface area contributed by atoms with Crippen LogP contribution in [0, 0.1) is 5.82 Å². The standard InChI is InChI=1S/C29H25FN8O7/c1-3-42-24-13-17(7-12-23(24)44-29(40)18-5-4-6-21(14-18)41-2)15-32-34-28(39)25-22(16-43-20-10-8-19(30)9-11-20)38(37-33-25)27-26(31)35-45-36-27/h4-15H,3,16H2,1-2H3,(H2,31,35)(H,34,39). The number of ether oxygens (including phenoxy) is 4. The maximum atomic E-state index is 13.3. The smallest absolute Gasteiger partial charge is 0.343 e. The van der Waals surface area contributed by atoms with E-state index in [2.05, 4.69) is 35.8 Å². The summed E-state index contributed by atoms with van der Waals surface area (Å²) in [6.45, 7) is 1.85. The fourth-order valence-electron chi connectivity index (χ4n) is 3.88. The van der Waals surface area contributed by atoms with Crippen LogP contribution in [-0.4, -0.2) is 57.1 Å². The number of anilines is 1. The van der Waals surface area contributed by atoms with Gasteiger partial charge < -0.3 is 24.7 Å². The van der Waals surface area contributed by atoms with Crippen molar-refractivity contribution in [2.45, 2.75) is 13.5 Å². The number of aromatic nitrogens is 5. The minimum atomic E-state index is -0.737. The number of nitrogens with one attached hydrogen (secondary N) is 1. The molecule has 2 heterocycles. The molecule has 0 aliphatic heterocycles. The fraction of sp³-hybridized carbons (Fsp3) is 0.138.